The molecule has 7 heteroatoms. The second-order valence-electron chi connectivity index (χ2n) is 3.57. The number of aryl methyl sites for hydroxylation is 1. The third-order valence-corrected chi connectivity index (χ3v) is 2.84. The summed E-state index contributed by atoms with van der Waals surface area (Å²) >= 11 is 11.9. The molecule has 0 aromatic carbocycles. The van der Waals surface area contributed by atoms with Crippen LogP contribution < -0.4 is 11.3 Å². The van der Waals surface area contributed by atoms with E-state index < -0.39 is 0 Å². The van der Waals surface area contributed by atoms with Gasteiger partial charge in [-0.15, -0.1) is 0 Å². The summed E-state index contributed by atoms with van der Waals surface area (Å²) in [4.78, 5) is 4.19. The molecule has 1 atom stereocenters. The molecule has 1 unspecified atom stereocenters. The number of nitrogens with one attached hydrogen (secondary N) is 1. The molecule has 0 saturated carbocycles. The van der Waals surface area contributed by atoms with Crippen molar-refractivity contribution in [3.05, 3.63) is 46.0 Å². The maximum Gasteiger partial charge on any atom is 0.0926 e. The molecule has 2 aromatic heterocycles. The Balaban J connectivity index is 2.42. The highest BCUT2D eigenvalue weighted by Gasteiger charge is 2.18. The summed E-state index contributed by atoms with van der Waals surface area (Å²) in [6.45, 7) is 0. The van der Waals surface area contributed by atoms with Gasteiger partial charge in [0.1, 0.15) is 0 Å². The lowest BCUT2D eigenvalue weighted by Crippen LogP contribution is -2.29. The van der Waals surface area contributed by atoms with E-state index in [9.17, 15) is 0 Å². The van der Waals surface area contributed by atoms with Gasteiger partial charge in [-0.05, 0) is 6.07 Å². The van der Waals surface area contributed by atoms with Crippen molar-refractivity contribution < 1.29 is 0 Å². The minimum Gasteiger partial charge on any atom is -0.275 e. The Morgan fingerprint density at radius 3 is 2.71 bits per heavy atom. The van der Waals surface area contributed by atoms with Crippen molar-refractivity contribution in [1.29, 1.82) is 0 Å². The minimum absolute atomic E-state index is 0.312. The van der Waals surface area contributed by atoms with Crippen LogP contribution in [0.25, 0.3) is 0 Å². The second-order valence-corrected chi connectivity index (χ2v) is 4.41. The van der Waals surface area contributed by atoms with E-state index in [2.05, 4.69) is 15.5 Å². The Morgan fingerprint density at radius 2 is 2.18 bits per heavy atom. The van der Waals surface area contributed by atoms with Crippen molar-refractivity contribution in [2.45, 2.75) is 6.04 Å². The molecular weight excluding hydrogens is 261 g/mol. The van der Waals surface area contributed by atoms with Crippen molar-refractivity contribution in [3.63, 3.8) is 0 Å². The average Bonchev–Trinajstić information content (AvgIpc) is 2.69. The largest absolute Gasteiger partial charge is 0.275 e. The SMILES string of the molecule is Cn1cc(C(NN)c2ncc(Cl)cc2Cl)cn1. The van der Waals surface area contributed by atoms with Crippen molar-refractivity contribution in [2.75, 3.05) is 0 Å². The van der Waals surface area contributed by atoms with Crippen molar-refractivity contribution in [1.82, 2.24) is 20.2 Å². The molecule has 17 heavy (non-hydrogen) atoms. The normalized spacial score (nSPS) is 12.7. The van der Waals surface area contributed by atoms with Crippen molar-refractivity contribution in [2.24, 2.45) is 12.9 Å². The van der Waals surface area contributed by atoms with Gasteiger partial charge < -0.3 is 0 Å². The van der Waals surface area contributed by atoms with E-state index in [1.165, 1.54) is 6.20 Å². The lowest BCUT2D eigenvalue weighted by atomic mass is 10.1. The highest BCUT2D eigenvalue weighted by molar-refractivity contribution is 6.34. The van der Waals surface area contributed by atoms with Crippen LogP contribution >= 0.6 is 23.2 Å². The van der Waals surface area contributed by atoms with Gasteiger partial charge in [0.25, 0.3) is 0 Å². The topological polar surface area (TPSA) is 68.8 Å². The number of hydrogen-bond acceptors (Lipinski definition) is 4. The zero-order valence-corrected chi connectivity index (χ0v) is 10.6. The van der Waals surface area contributed by atoms with Crippen LogP contribution in [-0.4, -0.2) is 14.8 Å². The molecule has 3 N–H and O–H groups in total. The van der Waals surface area contributed by atoms with Crippen LogP contribution in [0.3, 0.4) is 0 Å². The van der Waals surface area contributed by atoms with Gasteiger partial charge >= 0.3 is 0 Å². The number of aromatic nitrogens is 3. The number of halogens is 2. The fourth-order valence-corrected chi connectivity index (χ4v) is 2.05. The van der Waals surface area contributed by atoms with E-state index in [0.29, 0.717) is 15.7 Å². The summed E-state index contributed by atoms with van der Waals surface area (Å²) in [5.74, 6) is 5.53. The van der Waals surface area contributed by atoms with E-state index in [-0.39, 0.29) is 6.04 Å². The molecule has 0 saturated heterocycles. The Bertz CT molecular complexity index is 525. The molecule has 0 aliphatic rings. The van der Waals surface area contributed by atoms with E-state index in [4.69, 9.17) is 29.0 Å². The van der Waals surface area contributed by atoms with Crippen LogP contribution in [0, 0.1) is 0 Å². The third kappa shape index (κ3) is 2.58. The Kier molecular flexibility index (Phi) is 3.63. The highest BCUT2D eigenvalue weighted by Crippen LogP contribution is 2.27. The van der Waals surface area contributed by atoms with E-state index >= 15 is 0 Å². The highest BCUT2D eigenvalue weighted by atomic mass is 35.5. The first-order chi connectivity index (χ1) is 8.11. The van der Waals surface area contributed by atoms with Crippen molar-refractivity contribution in [3.8, 4) is 0 Å². The average molecular weight is 272 g/mol. The first kappa shape index (κ1) is 12.3. The molecule has 90 valence electrons. The van der Waals surface area contributed by atoms with Gasteiger partial charge in [-0.1, -0.05) is 23.2 Å². The first-order valence-electron chi connectivity index (χ1n) is 4.87. The fourth-order valence-electron chi connectivity index (χ4n) is 1.56. The van der Waals surface area contributed by atoms with Crippen LogP contribution in [0.5, 0.6) is 0 Å². The minimum atomic E-state index is -0.312. The third-order valence-electron chi connectivity index (χ3n) is 2.33. The standard InChI is InChI=1S/C10H11Cl2N5/c1-17-5-6(3-15-17)9(16-13)10-8(12)2-7(11)4-14-10/h2-5,9,16H,13H2,1H3. The maximum absolute atomic E-state index is 6.09. The molecule has 0 amide bonds. The van der Waals surface area contributed by atoms with Gasteiger partial charge in [0, 0.05) is 25.0 Å². The second kappa shape index (κ2) is 5.01. The van der Waals surface area contributed by atoms with Gasteiger partial charge in [-0.25, -0.2) is 5.43 Å². The molecule has 0 spiro atoms. The number of nitrogens with two attached hydrogens (primary N) is 1. The van der Waals surface area contributed by atoms with Gasteiger partial charge in [0.2, 0.25) is 0 Å². The lowest BCUT2D eigenvalue weighted by Gasteiger charge is -2.14. The number of hydrazine groups is 1. The molecule has 2 rings (SSSR count). The number of hydrogen-bond donors (Lipinski definition) is 2. The van der Waals surface area contributed by atoms with E-state index in [0.717, 1.165) is 5.56 Å². The molecule has 5 nitrogen and oxygen atoms in total. The molecule has 2 heterocycles. The Labute approximate surface area is 109 Å². The Morgan fingerprint density at radius 1 is 1.41 bits per heavy atom. The van der Waals surface area contributed by atoms with Crippen LogP contribution in [-0.2, 0) is 7.05 Å². The summed E-state index contributed by atoms with van der Waals surface area (Å²) in [6, 6.07) is 1.32. The molecule has 0 aliphatic heterocycles. The van der Waals surface area contributed by atoms with Gasteiger partial charge in [-0.3, -0.25) is 15.5 Å². The summed E-state index contributed by atoms with van der Waals surface area (Å²) in [5.41, 5.74) is 4.16. The molecule has 0 radical (unpaired) electrons. The summed E-state index contributed by atoms with van der Waals surface area (Å²) < 4.78 is 1.68. The summed E-state index contributed by atoms with van der Waals surface area (Å²) in [6.07, 6.45) is 5.08. The number of pyridine rings is 1. The maximum atomic E-state index is 6.09. The molecule has 0 bridgehead atoms. The zero-order chi connectivity index (χ0) is 12.4. The van der Waals surface area contributed by atoms with Crippen LogP contribution in [0.2, 0.25) is 10.0 Å². The summed E-state index contributed by atoms with van der Waals surface area (Å²) in [7, 11) is 1.83. The van der Waals surface area contributed by atoms with Crippen LogP contribution in [0.1, 0.15) is 17.3 Å². The first-order valence-corrected chi connectivity index (χ1v) is 5.63. The smallest absolute Gasteiger partial charge is 0.0926 e. The zero-order valence-electron chi connectivity index (χ0n) is 9.06. The quantitative estimate of drug-likeness (QED) is 0.658. The molecular formula is C10H11Cl2N5. The van der Waals surface area contributed by atoms with E-state index in [1.807, 2.05) is 13.2 Å². The monoisotopic (exact) mass is 271 g/mol. The van der Waals surface area contributed by atoms with Gasteiger partial charge in [-0.2, -0.15) is 5.10 Å². The number of rotatable bonds is 3. The molecule has 2 aromatic rings. The Hall–Kier alpha value is -1.14. The lowest BCUT2D eigenvalue weighted by molar-refractivity contribution is 0.620. The van der Waals surface area contributed by atoms with Crippen LogP contribution in [0.4, 0.5) is 0 Å². The molecule has 0 fully saturated rings. The van der Waals surface area contributed by atoms with Crippen LogP contribution in [0.15, 0.2) is 24.7 Å². The van der Waals surface area contributed by atoms with E-state index in [1.54, 1.807) is 16.9 Å². The fraction of sp³-hybridized carbons (Fsp3) is 0.200. The summed E-state index contributed by atoms with van der Waals surface area (Å²) in [5, 5.41) is 5.03. The van der Waals surface area contributed by atoms with Gasteiger partial charge in [0.05, 0.1) is 28.0 Å². The van der Waals surface area contributed by atoms with Gasteiger partial charge in [0.15, 0.2) is 0 Å². The molecule has 0 aliphatic carbocycles. The number of nitrogens with zero attached hydrogens (tertiary/aromatic N) is 3. The predicted molar refractivity (Wildman–Crippen MR) is 66.6 cm³/mol. The predicted octanol–water partition coefficient (Wildman–Crippen LogP) is 1.67. The van der Waals surface area contributed by atoms with Crippen molar-refractivity contribution >= 4 is 23.2 Å².